The van der Waals surface area contributed by atoms with Crippen LogP contribution in [0.3, 0.4) is 0 Å². The summed E-state index contributed by atoms with van der Waals surface area (Å²) in [6.45, 7) is 2.11. The molecule has 1 aromatic rings. The molecule has 114 valence electrons. The molecule has 4 N–H and O–H groups in total. The second kappa shape index (κ2) is 4.79. The lowest BCUT2D eigenvalue weighted by molar-refractivity contribution is -0.115. The molecule has 1 aliphatic heterocycles. The molecule has 0 spiro atoms. The summed E-state index contributed by atoms with van der Waals surface area (Å²) in [6.07, 6.45) is 2.22. The lowest BCUT2D eigenvalue weighted by Gasteiger charge is -2.29. The molecular formula is C14H19N3O3S. The Morgan fingerprint density at radius 2 is 2.14 bits per heavy atom. The van der Waals surface area contributed by atoms with E-state index in [1.807, 2.05) is 6.92 Å². The molecule has 0 radical (unpaired) electrons. The van der Waals surface area contributed by atoms with Gasteiger partial charge in [-0.05, 0) is 49.4 Å². The van der Waals surface area contributed by atoms with Gasteiger partial charge in [-0.25, -0.2) is 13.1 Å². The van der Waals surface area contributed by atoms with E-state index in [1.54, 1.807) is 12.1 Å². The molecule has 1 aromatic carbocycles. The summed E-state index contributed by atoms with van der Waals surface area (Å²) in [5, 5.41) is 2.69. The SMILES string of the molecule is CC(CN)(NS(=O)(=O)c1ccc2c(c1)CC(=O)N2)C1CC1. The predicted octanol–water partition coefficient (Wildman–Crippen LogP) is 0.587. The molecule has 1 heterocycles. The van der Waals surface area contributed by atoms with Gasteiger partial charge in [-0.15, -0.1) is 0 Å². The van der Waals surface area contributed by atoms with Gasteiger partial charge in [0, 0.05) is 17.8 Å². The van der Waals surface area contributed by atoms with Crippen molar-refractivity contribution in [3.8, 4) is 0 Å². The van der Waals surface area contributed by atoms with Crippen LogP contribution in [-0.2, 0) is 21.2 Å². The number of sulfonamides is 1. The van der Waals surface area contributed by atoms with Crippen LogP contribution in [0, 0.1) is 5.92 Å². The average molecular weight is 309 g/mol. The van der Waals surface area contributed by atoms with E-state index in [2.05, 4.69) is 10.0 Å². The van der Waals surface area contributed by atoms with E-state index in [1.165, 1.54) is 6.07 Å². The first-order chi connectivity index (χ1) is 9.84. The van der Waals surface area contributed by atoms with Crippen molar-refractivity contribution in [1.29, 1.82) is 0 Å². The van der Waals surface area contributed by atoms with E-state index in [0.29, 0.717) is 17.2 Å². The summed E-state index contributed by atoms with van der Waals surface area (Å²) in [6, 6.07) is 4.70. The first-order valence-corrected chi connectivity index (χ1v) is 8.49. The molecule has 1 amide bonds. The zero-order chi connectivity index (χ0) is 15.3. The van der Waals surface area contributed by atoms with E-state index < -0.39 is 15.6 Å². The third kappa shape index (κ3) is 2.68. The fraction of sp³-hybridized carbons (Fsp3) is 0.500. The Kier molecular flexibility index (Phi) is 3.31. The van der Waals surface area contributed by atoms with Gasteiger partial charge in [-0.2, -0.15) is 0 Å². The van der Waals surface area contributed by atoms with Gasteiger partial charge in [0.05, 0.1) is 11.3 Å². The van der Waals surface area contributed by atoms with Gasteiger partial charge in [0.2, 0.25) is 15.9 Å². The summed E-state index contributed by atoms with van der Waals surface area (Å²) in [5.74, 6) is 0.187. The number of nitrogens with two attached hydrogens (primary N) is 1. The second-order valence-corrected chi connectivity index (χ2v) is 7.73. The van der Waals surface area contributed by atoms with Crippen LogP contribution in [0.5, 0.6) is 0 Å². The molecule has 21 heavy (non-hydrogen) atoms. The zero-order valence-electron chi connectivity index (χ0n) is 11.8. The molecule has 7 heteroatoms. The van der Waals surface area contributed by atoms with Crippen molar-refractivity contribution >= 4 is 21.6 Å². The molecular weight excluding hydrogens is 290 g/mol. The lowest BCUT2D eigenvalue weighted by atomic mass is 9.98. The molecule has 1 atom stereocenters. The zero-order valence-corrected chi connectivity index (χ0v) is 12.7. The van der Waals surface area contributed by atoms with Gasteiger partial charge in [0.15, 0.2) is 0 Å². The first kappa shape index (κ1) is 14.5. The van der Waals surface area contributed by atoms with Crippen LogP contribution in [0.1, 0.15) is 25.3 Å². The summed E-state index contributed by atoms with van der Waals surface area (Å²) >= 11 is 0. The highest BCUT2D eigenvalue weighted by molar-refractivity contribution is 7.89. The number of fused-ring (bicyclic) bond motifs is 1. The molecule has 2 aliphatic rings. The number of rotatable bonds is 5. The van der Waals surface area contributed by atoms with Crippen molar-refractivity contribution in [2.24, 2.45) is 11.7 Å². The van der Waals surface area contributed by atoms with Crippen LogP contribution in [0.15, 0.2) is 23.1 Å². The monoisotopic (exact) mass is 309 g/mol. The van der Waals surface area contributed by atoms with E-state index in [0.717, 1.165) is 12.8 Å². The molecule has 0 aromatic heterocycles. The van der Waals surface area contributed by atoms with Gasteiger partial charge < -0.3 is 11.1 Å². The molecule has 1 aliphatic carbocycles. The minimum Gasteiger partial charge on any atom is -0.329 e. The van der Waals surface area contributed by atoms with Crippen LogP contribution in [0.25, 0.3) is 0 Å². The Hall–Kier alpha value is -1.44. The van der Waals surface area contributed by atoms with E-state index in [4.69, 9.17) is 5.73 Å². The van der Waals surface area contributed by atoms with Crippen LogP contribution in [0.4, 0.5) is 5.69 Å². The number of carbonyl (C=O) groups excluding carboxylic acids is 1. The highest BCUT2D eigenvalue weighted by Crippen LogP contribution is 2.40. The van der Waals surface area contributed by atoms with Crippen LogP contribution >= 0.6 is 0 Å². The minimum absolute atomic E-state index is 0.114. The number of hydrogen-bond acceptors (Lipinski definition) is 4. The number of anilines is 1. The third-order valence-corrected chi connectivity index (χ3v) is 5.89. The van der Waals surface area contributed by atoms with Gasteiger partial charge in [0.25, 0.3) is 0 Å². The Morgan fingerprint density at radius 1 is 1.43 bits per heavy atom. The topological polar surface area (TPSA) is 101 Å². The van der Waals surface area contributed by atoms with Crippen molar-refractivity contribution in [2.45, 2.75) is 36.6 Å². The Balaban J connectivity index is 1.89. The van der Waals surface area contributed by atoms with Crippen LogP contribution < -0.4 is 15.8 Å². The Labute approximate surface area is 124 Å². The summed E-state index contributed by atoms with van der Waals surface area (Å²) in [5.41, 5.74) is 6.55. The highest BCUT2D eigenvalue weighted by atomic mass is 32.2. The van der Waals surface area contributed by atoms with Gasteiger partial charge in [-0.3, -0.25) is 4.79 Å². The normalized spacial score (nSPS) is 20.8. The highest BCUT2D eigenvalue weighted by Gasteiger charge is 2.43. The summed E-state index contributed by atoms with van der Waals surface area (Å²) in [4.78, 5) is 11.5. The Morgan fingerprint density at radius 3 is 2.76 bits per heavy atom. The number of nitrogens with one attached hydrogen (secondary N) is 2. The number of carbonyl (C=O) groups is 1. The second-order valence-electron chi connectivity index (χ2n) is 6.05. The smallest absolute Gasteiger partial charge is 0.241 e. The molecule has 0 saturated heterocycles. The van der Waals surface area contributed by atoms with Crippen molar-refractivity contribution in [1.82, 2.24) is 4.72 Å². The maximum atomic E-state index is 12.5. The third-order valence-electron chi connectivity index (χ3n) is 4.28. The van der Waals surface area contributed by atoms with Crippen LogP contribution in [0.2, 0.25) is 0 Å². The quantitative estimate of drug-likeness (QED) is 0.741. The van der Waals surface area contributed by atoms with Gasteiger partial charge in [-0.1, -0.05) is 0 Å². The van der Waals surface area contributed by atoms with Crippen molar-refractivity contribution in [3.63, 3.8) is 0 Å². The maximum Gasteiger partial charge on any atom is 0.241 e. The van der Waals surface area contributed by atoms with Gasteiger partial charge >= 0.3 is 0 Å². The maximum absolute atomic E-state index is 12.5. The fourth-order valence-corrected chi connectivity index (χ4v) is 4.28. The predicted molar refractivity (Wildman–Crippen MR) is 79.3 cm³/mol. The standard InChI is InChI=1S/C14H19N3O3S/c1-14(8-15,10-2-3-10)17-21(19,20)11-4-5-12-9(6-11)7-13(18)16-12/h4-6,10,17H,2-3,7-8,15H2,1H3,(H,16,18). The molecule has 1 unspecified atom stereocenters. The molecule has 0 bridgehead atoms. The van der Waals surface area contributed by atoms with Crippen molar-refractivity contribution < 1.29 is 13.2 Å². The van der Waals surface area contributed by atoms with Crippen molar-refractivity contribution in [2.75, 3.05) is 11.9 Å². The first-order valence-electron chi connectivity index (χ1n) is 7.01. The lowest BCUT2D eigenvalue weighted by Crippen LogP contribution is -2.52. The van der Waals surface area contributed by atoms with E-state index in [9.17, 15) is 13.2 Å². The largest absolute Gasteiger partial charge is 0.329 e. The number of hydrogen-bond donors (Lipinski definition) is 3. The summed E-state index contributed by atoms with van der Waals surface area (Å²) < 4.78 is 27.8. The number of amides is 1. The minimum atomic E-state index is -3.64. The number of benzene rings is 1. The summed E-state index contributed by atoms with van der Waals surface area (Å²) in [7, 11) is -3.64. The van der Waals surface area contributed by atoms with E-state index in [-0.39, 0.29) is 23.8 Å². The Bertz CT molecular complexity index is 697. The van der Waals surface area contributed by atoms with Crippen LogP contribution in [-0.4, -0.2) is 26.4 Å². The molecule has 1 saturated carbocycles. The van der Waals surface area contributed by atoms with E-state index >= 15 is 0 Å². The molecule has 3 rings (SSSR count). The fourth-order valence-electron chi connectivity index (χ4n) is 2.75. The average Bonchev–Trinajstić information content (AvgIpc) is 3.20. The van der Waals surface area contributed by atoms with Gasteiger partial charge in [0.1, 0.15) is 0 Å². The van der Waals surface area contributed by atoms with Crippen molar-refractivity contribution in [3.05, 3.63) is 23.8 Å². The molecule has 6 nitrogen and oxygen atoms in total. The molecule has 1 fully saturated rings.